The van der Waals surface area contributed by atoms with Crippen LogP contribution in [0, 0.1) is 0 Å². The van der Waals surface area contributed by atoms with Gasteiger partial charge in [0.05, 0.1) is 5.75 Å². The van der Waals surface area contributed by atoms with Gasteiger partial charge in [-0.15, -0.1) is 0 Å². The summed E-state index contributed by atoms with van der Waals surface area (Å²) >= 11 is 0. The molecule has 128 valence electrons. The van der Waals surface area contributed by atoms with Gasteiger partial charge in [0.1, 0.15) is 5.75 Å². The predicted molar refractivity (Wildman–Crippen MR) is 93.3 cm³/mol. The summed E-state index contributed by atoms with van der Waals surface area (Å²) in [6.45, 7) is 5.04. The molecule has 0 aromatic heterocycles. The van der Waals surface area contributed by atoms with Gasteiger partial charge in [-0.05, 0) is 24.5 Å². The van der Waals surface area contributed by atoms with Crippen molar-refractivity contribution in [2.24, 2.45) is 0 Å². The first-order valence-corrected chi connectivity index (χ1v) is 9.99. The number of nitrogens with zero attached hydrogens (tertiary/aromatic N) is 2. The standard InChI is InChI=1S/C17H26N2O3S/c1-4-10-23(21,22)13-17(20)19-11-14-8-6-7-9-16(14)18(3)12-15(19)5-2/h6-9,15H,4-5,10-13H2,1-3H3/t15-/m1/s1. The second-order valence-electron chi connectivity index (χ2n) is 6.18. The Morgan fingerprint density at radius 3 is 2.61 bits per heavy atom. The number of para-hydroxylation sites is 1. The lowest BCUT2D eigenvalue weighted by Gasteiger charge is -2.30. The van der Waals surface area contributed by atoms with Crippen LogP contribution < -0.4 is 4.90 Å². The Bertz CT molecular complexity index is 658. The number of carbonyl (C=O) groups is 1. The van der Waals surface area contributed by atoms with Crippen molar-refractivity contribution in [3.63, 3.8) is 0 Å². The van der Waals surface area contributed by atoms with Crippen LogP contribution in [-0.4, -0.2) is 50.4 Å². The van der Waals surface area contributed by atoms with Gasteiger partial charge < -0.3 is 9.80 Å². The number of carbonyl (C=O) groups excluding carboxylic acids is 1. The van der Waals surface area contributed by atoms with Gasteiger partial charge in [0.2, 0.25) is 5.91 Å². The van der Waals surface area contributed by atoms with E-state index in [9.17, 15) is 13.2 Å². The number of fused-ring (bicyclic) bond motifs is 1. The fraction of sp³-hybridized carbons (Fsp3) is 0.588. The third-order valence-electron chi connectivity index (χ3n) is 4.32. The fourth-order valence-electron chi connectivity index (χ4n) is 3.14. The van der Waals surface area contributed by atoms with Crippen molar-refractivity contribution in [3.8, 4) is 0 Å². The Morgan fingerprint density at radius 1 is 1.26 bits per heavy atom. The molecule has 1 atom stereocenters. The van der Waals surface area contributed by atoms with Crippen LogP contribution in [0.1, 0.15) is 32.3 Å². The largest absolute Gasteiger partial charge is 0.372 e. The first-order chi connectivity index (χ1) is 10.9. The van der Waals surface area contributed by atoms with Gasteiger partial charge in [-0.25, -0.2) is 8.42 Å². The minimum atomic E-state index is -3.32. The Labute approximate surface area is 139 Å². The van der Waals surface area contributed by atoms with Gasteiger partial charge in [-0.2, -0.15) is 0 Å². The van der Waals surface area contributed by atoms with Crippen LogP contribution >= 0.6 is 0 Å². The molecule has 0 saturated carbocycles. The van der Waals surface area contributed by atoms with Gasteiger partial charge in [0.15, 0.2) is 9.84 Å². The van der Waals surface area contributed by atoms with E-state index in [-0.39, 0.29) is 23.5 Å². The van der Waals surface area contributed by atoms with Crippen LogP contribution in [0.4, 0.5) is 5.69 Å². The topological polar surface area (TPSA) is 57.7 Å². The smallest absolute Gasteiger partial charge is 0.238 e. The van der Waals surface area contributed by atoms with Gasteiger partial charge in [0, 0.05) is 31.9 Å². The van der Waals surface area contributed by atoms with Crippen LogP contribution in [0.25, 0.3) is 0 Å². The van der Waals surface area contributed by atoms with Crippen LogP contribution in [0.5, 0.6) is 0 Å². The second kappa shape index (κ2) is 7.34. The summed E-state index contributed by atoms with van der Waals surface area (Å²) in [5, 5.41) is 0. The van der Waals surface area contributed by atoms with E-state index in [1.54, 1.807) is 4.90 Å². The van der Waals surface area contributed by atoms with Crippen molar-refractivity contribution < 1.29 is 13.2 Å². The Morgan fingerprint density at radius 2 is 1.96 bits per heavy atom. The van der Waals surface area contributed by atoms with Gasteiger partial charge in [-0.1, -0.05) is 32.0 Å². The van der Waals surface area contributed by atoms with Crippen LogP contribution in [0.3, 0.4) is 0 Å². The van der Waals surface area contributed by atoms with Crippen molar-refractivity contribution in [1.82, 2.24) is 4.90 Å². The molecule has 0 N–H and O–H groups in total. The third-order valence-corrected chi connectivity index (χ3v) is 6.04. The third kappa shape index (κ3) is 4.25. The molecule has 1 amide bonds. The zero-order valence-electron chi connectivity index (χ0n) is 14.2. The summed E-state index contributed by atoms with van der Waals surface area (Å²) < 4.78 is 24.0. The molecule has 2 rings (SSSR count). The van der Waals surface area contributed by atoms with E-state index >= 15 is 0 Å². The Balaban J connectivity index is 2.27. The molecule has 5 nitrogen and oxygen atoms in total. The summed E-state index contributed by atoms with van der Waals surface area (Å²) in [5.74, 6) is -0.598. The van der Waals surface area contributed by atoms with E-state index in [4.69, 9.17) is 0 Å². The van der Waals surface area contributed by atoms with E-state index in [1.165, 1.54) is 0 Å². The SMILES string of the molecule is CCCS(=O)(=O)CC(=O)N1Cc2ccccc2N(C)C[C@H]1CC. The Kier molecular flexibility index (Phi) is 5.68. The molecule has 0 aliphatic carbocycles. The molecule has 0 bridgehead atoms. The lowest BCUT2D eigenvalue weighted by molar-refractivity contribution is -0.131. The van der Waals surface area contributed by atoms with E-state index in [2.05, 4.69) is 4.90 Å². The highest BCUT2D eigenvalue weighted by Gasteiger charge is 2.30. The quantitative estimate of drug-likeness (QED) is 0.825. The number of rotatable bonds is 5. The number of anilines is 1. The summed E-state index contributed by atoms with van der Waals surface area (Å²) in [6.07, 6.45) is 1.34. The number of likely N-dealkylation sites (N-methyl/N-ethyl adjacent to an activating group) is 1. The maximum atomic E-state index is 12.7. The molecule has 1 aliphatic heterocycles. The molecular weight excluding hydrogens is 312 g/mol. The van der Waals surface area contributed by atoms with Gasteiger partial charge in [-0.3, -0.25) is 4.79 Å². The molecule has 23 heavy (non-hydrogen) atoms. The summed E-state index contributed by atoms with van der Waals surface area (Å²) in [5.41, 5.74) is 2.17. The molecule has 0 radical (unpaired) electrons. The molecule has 1 aliphatic rings. The number of amides is 1. The molecule has 1 heterocycles. The monoisotopic (exact) mass is 338 g/mol. The van der Waals surface area contributed by atoms with Crippen molar-refractivity contribution in [3.05, 3.63) is 29.8 Å². The van der Waals surface area contributed by atoms with Crippen molar-refractivity contribution in [2.45, 2.75) is 39.3 Å². The fourth-order valence-corrected chi connectivity index (χ4v) is 4.45. The highest BCUT2D eigenvalue weighted by Crippen LogP contribution is 2.27. The van der Waals surface area contributed by atoms with Gasteiger partial charge >= 0.3 is 0 Å². The molecular formula is C17H26N2O3S. The zero-order valence-corrected chi connectivity index (χ0v) is 15.0. The van der Waals surface area contributed by atoms with E-state index in [0.717, 1.165) is 17.7 Å². The number of hydrogen-bond acceptors (Lipinski definition) is 4. The van der Waals surface area contributed by atoms with E-state index in [1.807, 2.05) is 45.2 Å². The highest BCUT2D eigenvalue weighted by atomic mass is 32.2. The first kappa shape index (κ1) is 17.8. The summed E-state index contributed by atoms with van der Waals surface area (Å²) in [7, 11) is -1.30. The first-order valence-electron chi connectivity index (χ1n) is 8.17. The predicted octanol–water partition coefficient (Wildman–Crippen LogP) is 2.07. The zero-order chi connectivity index (χ0) is 17.0. The summed E-state index contributed by atoms with van der Waals surface area (Å²) in [6, 6.07) is 8.01. The maximum absolute atomic E-state index is 12.7. The molecule has 1 aromatic rings. The van der Waals surface area contributed by atoms with E-state index in [0.29, 0.717) is 19.5 Å². The molecule has 1 aromatic carbocycles. The minimum Gasteiger partial charge on any atom is -0.372 e. The maximum Gasteiger partial charge on any atom is 0.238 e. The number of sulfone groups is 1. The lowest BCUT2D eigenvalue weighted by Crippen LogP contribution is -2.45. The van der Waals surface area contributed by atoms with Crippen molar-refractivity contribution in [1.29, 1.82) is 0 Å². The molecule has 6 heteroatoms. The van der Waals surface area contributed by atoms with Crippen molar-refractivity contribution >= 4 is 21.4 Å². The number of hydrogen-bond donors (Lipinski definition) is 0. The van der Waals surface area contributed by atoms with Crippen LogP contribution in [-0.2, 0) is 21.2 Å². The second-order valence-corrected chi connectivity index (χ2v) is 8.37. The Hall–Kier alpha value is -1.56. The average Bonchev–Trinajstić information content (AvgIpc) is 2.63. The van der Waals surface area contributed by atoms with Gasteiger partial charge in [0.25, 0.3) is 0 Å². The molecule has 0 saturated heterocycles. The minimum absolute atomic E-state index is 0.0247. The average molecular weight is 338 g/mol. The normalized spacial score (nSPS) is 18.5. The lowest BCUT2D eigenvalue weighted by atomic mass is 10.1. The molecule has 0 unspecified atom stereocenters. The summed E-state index contributed by atoms with van der Waals surface area (Å²) in [4.78, 5) is 16.6. The van der Waals surface area contributed by atoms with E-state index < -0.39 is 9.84 Å². The van der Waals surface area contributed by atoms with Crippen LogP contribution in [0.2, 0.25) is 0 Å². The number of benzene rings is 1. The molecule has 0 spiro atoms. The highest BCUT2D eigenvalue weighted by molar-refractivity contribution is 7.92. The van der Waals surface area contributed by atoms with Crippen LogP contribution in [0.15, 0.2) is 24.3 Å². The van der Waals surface area contributed by atoms with Crippen molar-refractivity contribution in [2.75, 3.05) is 30.0 Å². The molecule has 0 fully saturated rings.